The van der Waals surface area contributed by atoms with E-state index in [9.17, 15) is 10.2 Å². The Hall–Kier alpha value is -0.660. The van der Waals surface area contributed by atoms with Crippen molar-refractivity contribution in [1.82, 2.24) is 0 Å². The minimum atomic E-state index is -0.457. The first-order valence-electron chi connectivity index (χ1n) is 10.0. The Labute approximate surface area is 141 Å². The van der Waals surface area contributed by atoms with E-state index < -0.39 is 5.95 Å². The molecule has 4 saturated carbocycles. The summed E-state index contributed by atoms with van der Waals surface area (Å²) in [5, 5.41) is 18.7. The van der Waals surface area contributed by atoms with Gasteiger partial charge in [0.25, 0.3) is 5.95 Å². The van der Waals surface area contributed by atoms with Crippen LogP contribution >= 0.6 is 0 Å². The van der Waals surface area contributed by atoms with Gasteiger partial charge in [-0.25, -0.2) is 0 Å². The van der Waals surface area contributed by atoms with Crippen LogP contribution in [-0.4, -0.2) is 10.2 Å². The van der Waals surface area contributed by atoms with Crippen LogP contribution in [-0.2, 0) is 0 Å². The second-order valence-electron chi connectivity index (χ2n) is 9.66. The van der Waals surface area contributed by atoms with Crippen molar-refractivity contribution in [3.05, 3.63) is 12.0 Å². The molecule has 0 amide bonds. The predicted octanol–water partition coefficient (Wildman–Crippen LogP) is 5.99. The molecule has 4 aliphatic rings. The van der Waals surface area contributed by atoms with E-state index in [-0.39, 0.29) is 0 Å². The summed E-state index contributed by atoms with van der Waals surface area (Å²) < 4.78 is 0. The number of hydrogen-bond donors (Lipinski definition) is 2. The van der Waals surface area contributed by atoms with E-state index in [0.29, 0.717) is 16.7 Å². The SMILES string of the molecule is C[C@]12CC[C@H]3[C@@H](CCC4CCCC[C@@]43C)[C@@H]1CC[C@H]2C=C(O)O. The van der Waals surface area contributed by atoms with E-state index in [0.717, 1.165) is 30.1 Å². The molecule has 0 aliphatic heterocycles. The Morgan fingerprint density at radius 2 is 1.61 bits per heavy atom. The lowest BCUT2D eigenvalue weighted by Gasteiger charge is -2.60. The number of rotatable bonds is 1. The standard InChI is InChI=1S/C21H34O2/c1-20-11-4-3-5-14(20)6-8-16-17-9-7-15(13-19(22)23)21(17,2)12-10-18(16)20/h13-18,22-23H,3-12H2,1-2H3/t14?,15-,16-,17-,18-,20-,21+/m0/s1. The molecular weight excluding hydrogens is 284 g/mol. The first-order chi connectivity index (χ1) is 10.9. The van der Waals surface area contributed by atoms with Crippen LogP contribution in [0.25, 0.3) is 0 Å². The van der Waals surface area contributed by atoms with Crippen molar-refractivity contribution < 1.29 is 10.2 Å². The highest BCUT2D eigenvalue weighted by molar-refractivity contribution is 5.12. The molecule has 0 heterocycles. The highest BCUT2D eigenvalue weighted by Gasteiger charge is 2.59. The third-order valence-electron chi connectivity index (χ3n) is 9.01. The summed E-state index contributed by atoms with van der Waals surface area (Å²) in [6, 6.07) is 0. The van der Waals surface area contributed by atoms with Crippen LogP contribution in [0.15, 0.2) is 12.0 Å². The van der Waals surface area contributed by atoms with Gasteiger partial charge in [-0.15, -0.1) is 0 Å². The molecule has 0 aromatic carbocycles. The van der Waals surface area contributed by atoms with Gasteiger partial charge < -0.3 is 10.2 Å². The van der Waals surface area contributed by atoms with Crippen LogP contribution in [0.2, 0.25) is 0 Å². The molecule has 0 radical (unpaired) electrons. The van der Waals surface area contributed by atoms with Crippen molar-refractivity contribution in [2.75, 3.05) is 0 Å². The maximum absolute atomic E-state index is 9.36. The molecule has 0 bridgehead atoms. The van der Waals surface area contributed by atoms with Crippen molar-refractivity contribution in [3.8, 4) is 0 Å². The van der Waals surface area contributed by atoms with Gasteiger partial charge in [-0.05, 0) is 97.9 Å². The average molecular weight is 319 g/mol. The van der Waals surface area contributed by atoms with E-state index in [1.807, 2.05) is 0 Å². The van der Waals surface area contributed by atoms with Crippen LogP contribution in [0.5, 0.6) is 0 Å². The lowest BCUT2D eigenvalue weighted by Crippen LogP contribution is -2.52. The predicted molar refractivity (Wildman–Crippen MR) is 93.2 cm³/mol. The molecule has 4 rings (SSSR count). The average Bonchev–Trinajstić information content (AvgIpc) is 2.83. The molecule has 23 heavy (non-hydrogen) atoms. The zero-order valence-corrected chi connectivity index (χ0v) is 14.9. The summed E-state index contributed by atoms with van der Waals surface area (Å²) in [6.07, 6.45) is 15.6. The van der Waals surface area contributed by atoms with Gasteiger partial charge in [-0.2, -0.15) is 0 Å². The molecular formula is C21H34O2. The summed E-state index contributed by atoms with van der Waals surface area (Å²) in [5.74, 6) is 3.54. The number of hydrogen-bond acceptors (Lipinski definition) is 2. The molecule has 2 N–H and O–H groups in total. The van der Waals surface area contributed by atoms with E-state index in [4.69, 9.17) is 0 Å². The minimum absolute atomic E-state index is 0.301. The number of allylic oxidation sites excluding steroid dienone is 1. The largest absolute Gasteiger partial charge is 0.481 e. The molecule has 2 nitrogen and oxygen atoms in total. The molecule has 2 heteroatoms. The fourth-order valence-electron chi connectivity index (χ4n) is 7.79. The first kappa shape index (κ1) is 15.8. The van der Waals surface area contributed by atoms with E-state index in [1.165, 1.54) is 57.8 Å². The Bertz CT molecular complexity index is 494. The van der Waals surface area contributed by atoms with E-state index in [1.54, 1.807) is 6.08 Å². The fraction of sp³-hybridized carbons (Fsp3) is 0.905. The monoisotopic (exact) mass is 318 g/mol. The Balaban J connectivity index is 1.61. The van der Waals surface area contributed by atoms with Crippen molar-refractivity contribution in [3.63, 3.8) is 0 Å². The molecule has 4 fully saturated rings. The van der Waals surface area contributed by atoms with Crippen LogP contribution in [0.4, 0.5) is 0 Å². The Morgan fingerprint density at radius 3 is 2.39 bits per heavy atom. The van der Waals surface area contributed by atoms with E-state index in [2.05, 4.69) is 13.8 Å². The van der Waals surface area contributed by atoms with Crippen molar-refractivity contribution in [2.24, 2.45) is 40.4 Å². The zero-order chi connectivity index (χ0) is 16.2. The maximum atomic E-state index is 9.36. The summed E-state index contributed by atoms with van der Waals surface area (Å²) >= 11 is 0. The van der Waals surface area contributed by atoms with Crippen molar-refractivity contribution >= 4 is 0 Å². The molecule has 0 aromatic rings. The highest BCUT2D eigenvalue weighted by Crippen LogP contribution is 2.67. The smallest absolute Gasteiger partial charge is 0.270 e. The fourth-order valence-corrected chi connectivity index (χ4v) is 7.79. The van der Waals surface area contributed by atoms with Gasteiger partial charge >= 0.3 is 0 Å². The van der Waals surface area contributed by atoms with Crippen LogP contribution < -0.4 is 0 Å². The quantitative estimate of drug-likeness (QED) is 0.583. The van der Waals surface area contributed by atoms with Gasteiger partial charge in [-0.1, -0.05) is 26.7 Å². The summed E-state index contributed by atoms with van der Waals surface area (Å²) in [6.45, 7) is 5.07. The van der Waals surface area contributed by atoms with Gasteiger partial charge in [0.05, 0.1) is 0 Å². The molecule has 4 aliphatic carbocycles. The van der Waals surface area contributed by atoms with E-state index >= 15 is 0 Å². The lowest BCUT2D eigenvalue weighted by molar-refractivity contribution is -0.108. The second kappa shape index (κ2) is 5.43. The Morgan fingerprint density at radius 1 is 0.826 bits per heavy atom. The normalized spacial score (nSPS) is 52.2. The number of aliphatic hydroxyl groups is 2. The Kier molecular flexibility index (Phi) is 3.74. The lowest BCUT2D eigenvalue weighted by atomic mass is 9.45. The van der Waals surface area contributed by atoms with Crippen LogP contribution in [0.3, 0.4) is 0 Å². The van der Waals surface area contributed by atoms with Crippen molar-refractivity contribution in [2.45, 2.75) is 78.1 Å². The molecule has 130 valence electrons. The third-order valence-corrected chi connectivity index (χ3v) is 9.01. The molecule has 1 unspecified atom stereocenters. The molecule has 0 spiro atoms. The van der Waals surface area contributed by atoms with Crippen LogP contribution in [0, 0.1) is 40.4 Å². The summed E-state index contributed by atoms with van der Waals surface area (Å²) in [7, 11) is 0. The first-order valence-corrected chi connectivity index (χ1v) is 10.0. The number of aliphatic hydroxyl groups excluding tert-OH is 1. The molecule has 7 atom stereocenters. The second-order valence-corrected chi connectivity index (χ2v) is 9.66. The van der Waals surface area contributed by atoms with Crippen molar-refractivity contribution in [1.29, 1.82) is 0 Å². The summed E-state index contributed by atoms with van der Waals surface area (Å²) in [4.78, 5) is 0. The van der Waals surface area contributed by atoms with Crippen LogP contribution in [0.1, 0.15) is 78.1 Å². The molecule has 0 aromatic heterocycles. The van der Waals surface area contributed by atoms with Gasteiger partial charge in [0.15, 0.2) is 0 Å². The van der Waals surface area contributed by atoms with Gasteiger partial charge in [0, 0.05) is 0 Å². The number of fused-ring (bicyclic) bond motifs is 5. The zero-order valence-electron chi connectivity index (χ0n) is 14.9. The maximum Gasteiger partial charge on any atom is 0.270 e. The highest BCUT2D eigenvalue weighted by atomic mass is 16.5. The minimum Gasteiger partial charge on any atom is -0.481 e. The van der Waals surface area contributed by atoms with Gasteiger partial charge in [-0.3, -0.25) is 0 Å². The third kappa shape index (κ3) is 2.27. The topological polar surface area (TPSA) is 40.5 Å². The summed E-state index contributed by atoms with van der Waals surface area (Å²) in [5.41, 5.74) is 0.908. The molecule has 0 saturated heterocycles. The van der Waals surface area contributed by atoms with Gasteiger partial charge in [0.1, 0.15) is 0 Å². The van der Waals surface area contributed by atoms with Gasteiger partial charge in [0.2, 0.25) is 0 Å².